The van der Waals surface area contributed by atoms with Crippen molar-refractivity contribution >= 4 is 5.78 Å². The Morgan fingerprint density at radius 1 is 0.905 bits per heavy atom. The first kappa shape index (κ1) is 16.8. The summed E-state index contributed by atoms with van der Waals surface area (Å²) in [6.07, 6.45) is 16.5. The topological polar surface area (TPSA) is 17.1 Å². The molecule has 2 aliphatic rings. The van der Waals surface area contributed by atoms with Gasteiger partial charge in [-0.2, -0.15) is 0 Å². The second kappa shape index (κ2) is 8.76. The summed E-state index contributed by atoms with van der Waals surface area (Å²) < 4.78 is 0. The molecule has 2 fully saturated rings. The van der Waals surface area contributed by atoms with Crippen LogP contribution in [0.2, 0.25) is 0 Å². The number of Topliss-reactive ketones (excluding diaryl/α,β-unsaturated/α-hetero) is 1. The number of carbonyl (C=O) groups excluding carboxylic acids is 1. The zero-order chi connectivity index (χ0) is 15.1. The summed E-state index contributed by atoms with van der Waals surface area (Å²) >= 11 is 0. The molecule has 0 aliphatic heterocycles. The largest absolute Gasteiger partial charge is 0.299 e. The molecule has 0 saturated heterocycles. The molecular weight excluding hydrogens is 256 g/mol. The second-order valence-corrected chi connectivity index (χ2v) is 7.74. The predicted molar refractivity (Wildman–Crippen MR) is 90.3 cm³/mol. The SMILES string of the molecule is C=C(CC1CCCCC1)CC(C)C(=O)CC1CCCCC1. The molecule has 0 amide bonds. The minimum Gasteiger partial charge on any atom is -0.299 e. The lowest BCUT2D eigenvalue weighted by molar-refractivity contribution is -0.123. The van der Waals surface area contributed by atoms with Crippen LogP contribution < -0.4 is 0 Å². The predicted octanol–water partition coefficient (Wildman–Crippen LogP) is 6.08. The summed E-state index contributed by atoms with van der Waals surface area (Å²) in [5, 5.41) is 0. The first-order valence-electron chi connectivity index (χ1n) is 9.34. The fourth-order valence-corrected chi connectivity index (χ4v) is 4.31. The lowest BCUT2D eigenvalue weighted by Crippen LogP contribution is -2.18. The van der Waals surface area contributed by atoms with E-state index < -0.39 is 0 Å². The van der Waals surface area contributed by atoms with Crippen LogP contribution in [0.4, 0.5) is 0 Å². The van der Waals surface area contributed by atoms with Gasteiger partial charge in [0.2, 0.25) is 0 Å². The molecule has 1 heteroatoms. The summed E-state index contributed by atoms with van der Waals surface area (Å²) in [5.41, 5.74) is 1.33. The van der Waals surface area contributed by atoms with Crippen molar-refractivity contribution in [1.29, 1.82) is 0 Å². The van der Waals surface area contributed by atoms with E-state index in [0.717, 1.165) is 18.8 Å². The van der Waals surface area contributed by atoms with Crippen molar-refractivity contribution in [3.05, 3.63) is 12.2 Å². The number of hydrogen-bond donors (Lipinski definition) is 0. The maximum atomic E-state index is 12.4. The second-order valence-electron chi connectivity index (χ2n) is 7.74. The van der Waals surface area contributed by atoms with Crippen LogP contribution in [-0.2, 0) is 4.79 Å². The first-order chi connectivity index (χ1) is 10.1. The van der Waals surface area contributed by atoms with Gasteiger partial charge in [-0.3, -0.25) is 4.79 Å². The van der Waals surface area contributed by atoms with Crippen LogP contribution in [0.3, 0.4) is 0 Å². The molecule has 2 aliphatic carbocycles. The zero-order valence-electron chi connectivity index (χ0n) is 14.0. The van der Waals surface area contributed by atoms with Gasteiger partial charge in [0.25, 0.3) is 0 Å². The highest BCUT2D eigenvalue weighted by atomic mass is 16.1. The number of allylic oxidation sites excluding steroid dienone is 1. The van der Waals surface area contributed by atoms with Crippen molar-refractivity contribution in [2.75, 3.05) is 0 Å². The Morgan fingerprint density at radius 2 is 1.38 bits per heavy atom. The fraction of sp³-hybridized carbons (Fsp3) is 0.850. The van der Waals surface area contributed by atoms with Gasteiger partial charge in [-0.25, -0.2) is 0 Å². The third kappa shape index (κ3) is 5.96. The Labute approximate surface area is 131 Å². The molecule has 0 aromatic rings. The molecular formula is C20H34O. The van der Waals surface area contributed by atoms with E-state index in [9.17, 15) is 4.79 Å². The molecule has 0 N–H and O–H groups in total. The number of ketones is 1. The van der Waals surface area contributed by atoms with E-state index in [-0.39, 0.29) is 5.92 Å². The molecule has 0 spiro atoms. The molecule has 2 saturated carbocycles. The molecule has 0 aromatic heterocycles. The van der Waals surface area contributed by atoms with Gasteiger partial charge in [-0.05, 0) is 24.7 Å². The van der Waals surface area contributed by atoms with E-state index >= 15 is 0 Å². The van der Waals surface area contributed by atoms with E-state index in [0.29, 0.717) is 11.7 Å². The van der Waals surface area contributed by atoms with Crippen LogP contribution in [0.25, 0.3) is 0 Å². The van der Waals surface area contributed by atoms with E-state index in [1.54, 1.807) is 0 Å². The molecule has 2 rings (SSSR count). The highest BCUT2D eigenvalue weighted by Crippen LogP contribution is 2.32. The monoisotopic (exact) mass is 290 g/mol. The van der Waals surface area contributed by atoms with Crippen LogP contribution in [0, 0.1) is 17.8 Å². The Balaban J connectivity index is 1.67. The van der Waals surface area contributed by atoms with Crippen molar-refractivity contribution in [3.63, 3.8) is 0 Å². The maximum Gasteiger partial charge on any atom is 0.136 e. The quantitative estimate of drug-likeness (QED) is 0.519. The molecule has 0 aromatic carbocycles. The van der Waals surface area contributed by atoms with Gasteiger partial charge < -0.3 is 0 Å². The van der Waals surface area contributed by atoms with Crippen molar-refractivity contribution in [3.8, 4) is 0 Å². The van der Waals surface area contributed by atoms with Crippen molar-refractivity contribution in [2.45, 2.75) is 90.4 Å². The average Bonchev–Trinajstić information content (AvgIpc) is 2.49. The van der Waals surface area contributed by atoms with Crippen LogP contribution in [0.5, 0.6) is 0 Å². The molecule has 120 valence electrons. The van der Waals surface area contributed by atoms with Crippen LogP contribution in [0.1, 0.15) is 90.4 Å². The Bertz CT molecular complexity index is 332. The normalized spacial score (nSPS) is 22.9. The first-order valence-corrected chi connectivity index (χ1v) is 9.34. The molecule has 0 heterocycles. The summed E-state index contributed by atoms with van der Waals surface area (Å²) in [5.74, 6) is 2.22. The van der Waals surface area contributed by atoms with Gasteiger partial charge in [0, 0.05) is 12.3 Å². The fourth-order valence-electron chi connectivity index (χ4n) is 4.31. The van der Waals surface area contributed by atoms with E-state index in [1.165, 1.54) is 76.2 Å². The Hall–Kier alpha value is -0.590. The van der Waals surface area contributed by atoms with Gasteiger partial charge in [0.15, 0.2) is 0 Å². The average molecular weight is 290 g/mol. The standard InChI is InChI=1S/C20H34O/c1-16(14-18-9-5-3-6-10-18)13-17(2)20(21)15-19-11-7-4-8-12-19/h17-19H,1,3-15H2,2H3. The molecule has 0 bridgehead atoms. The third-order valence-corrected chi connectivity index (χ3v) is 5.66. The lowest BCUT2D eigenvalue weighted by atomic mass is 9.80. The number of carbonyl (C=O) groups is 1. The minimum atomic E-state index is 0.197. The number of hydrogen-bond acceptors (Lipinski definition) is 1. The van der Waals surface area contributed by atoms with Gasteiger partial charge in [0.1, 0.15) is 5.78 Å². The van der Waals surface area contributed by atoms with Crippen molar-refractivity contribution in [2.24, 2.45) is 17.8 Å². The third-order valence-electron chi connectivity index (χ3n) is 5.66. The maximum absolute atomic E-state index is 12.4. The molecule has 1 unspecified atom stereocenters. The van der Waals surface area contributed by atoms with Crippen LogP contribution >= 0.6 is 0 Å². The summed E-state index contributed by atoms with van der Waals surface area (Å²) in [7, 11) is 0. The highest BCUT2D eigenvalue weighted by Gasteiger charge is 2.22. The Morgan fingerprint density at radius 3 is 1.90 bits per heavy atom. The molecule has 21 heavy (non-hydrogen) atoms. The number of rotatable bonds is 7. The zero-order valence-corrected chi connectivity index (χ0v) is 14.0. The van der Waals surface area contributed by atoms with Crippen molar-refractivity contribution in [1.82, 2.24) is 0 Å². The summed E-state index contributed by atoms with van der Waals surface area (Å²) in [6, 6.07) is 0. The smallest absolute Gasteiger partial charge is 0.136 e. The minimum absolute atomic E-state index is 0.197. The van der Waals surface area contributed by atoms with Gasteiger partial charge >= 0.3 is 0 Å². The van der Waals surface area contributed by atoms with Gasteiger partial charge in [-0.1, -0.05) is 83.3 Å². The lowest BCUT2D eigenvalue weighted by Gasteiger charge is -2.24. The van der Waals surface area contributed by atoms with Gasteiger partial charge in [-0.15, -0.1) is 0 Å². The van der Waals surface area contributed by atoms with E-state index in [1.807, 2.05) is 0 Å². The van der Waals surface area contributed by atoms with Crippen LogP contribution in [0.15, 0.2) is 12.2 Å². The van der Waals surface area contributed by atoms with Gasteiger partial charge in [0.05, 0.1) is 0 Å². The van der Waals surface area contributed by atoms with Crippen LogP contribution in [-0.4, -0.2) is 5.78 Å². The Kier molecular flexibility index (Phi) is 6.99. The molecule has 1 atom stereocenters. The van der Waals surface area contributed by atoms with E-state index in [2.05, 4.69) is 13.5 Å². The summed E-state index contributed by atoms with van der Waals surface area (Å²) in [6.45, 7) is 6.39. The summed E-state index contributed by atoms with van der Waals surface area (Å²) in [4.78, 5) is 12.4. The van der Waals surface area contributed by atoms with E-state index in [4.69, 9.17) is 0 Å². The van der Waals surface area contributed by atoms with Crippen molar-refractivity contribution < 1.29 is 4.79 Å². The highest BCUT2D eigenvalue weighted by molar-refractivity contribution is 5.81. The molecule has 1 nitrogen and oxygen atoms in total. The molecule has 0 radical (unpaired) electrons.